The molecule has 2 aromatic carbocycles. The molecule has 1 N–H and O–H groups in total. The lowest BCUT2D eigenvalue weighted by Crippen LogP contribution is -2.44. The second kappa shape index (κ2) is 8.45. The van der Waals surface area contributed by atoms with Crippen molar-refractivity contribution >= 4 is 6.08 Å². The van der Waals surface area contributed by atoms with Crippen molar-refractivity contribution in [2.75, 3.05) is 20.6 Å². The first-order valence-corrected chi connectivity index (χ1v) is 10.9. The zero-order valence-electron chi connectivity index (χ0n) is 19.0. The molecule has 2 nitrogen and oxygen atoms in total. The van der Waals surface area contributed by atoms with Crippen molar-refractivity contribution in [1.29, 1.82) is 0 Å². The van der Waals surface area contributed by atoms with Gasteiger partial charge in [0.25, 0.3) is 0 Å². The Labute approximate surface area is 177 Å². The number of rotatable bonds is 4. The molecule has 1 aliphatic rings. The standard InChI is InChI=1S/C27H37NO/c1-20-10-12-21(13-11-20)18-24-8-7-9-25(19-28(5)6)27(24,29)23-16-14-22(15-17-23)26(2,3)4/h10-18,25,29H,7-9,19H2,1-6H3. The largest absolute Gasteiger partial charge is 0.380 e. The van der Waals surface area contributed by atoms with Gasteiger partial charge < -0.3 is 10.0 Å². The molecule has 0 spiro atoms. The molecule has 2 unspecified atom stereocenters. The van der Waals surface area contributed by atoms with Gasteiger partial charge in [0, 0.05) is 12.5 Å². The lowest BCUT2D eigenvalue weighted by atomic mass is 9.67. The van der Waals surface area contributed by atoms with Crippen LogP contribution in [0.2, 0.25) is 0 Å². The lowest BCUT2D eigenvalue weighted by Gasteiger charge is -2.44. The van der Waals surface area contributed by atoms with Crippen molar-refractivity contribution in [1.82, 2.24) is 4.90 Å². The molecule has 2 heteroatoms. The monoisotopic (exact) mass is 391 g/mol. The van der Waals surface area contributed by atoms with Gasteiger partial charge in [-0.15, -0.1) is 0 Å². The predicted molar refractivity (Wildman–Crippen MR) is 124 cm³/mol. The second-order valence-electron chi connectivity index (χ2n) is 10.0. The highest BCUT2D eigenvalue weighted by atomic mass is 16.3. The number of hydrogen-bond acceptors (Lipinski definition) is 2. The van der Waals surface area contributed by atoms with E-state index in [1.807, 2.05) is 0 Å². The second-order valence-corrected chi connectivity index (χ2v) is 10.0. The van der Waals surface area contributed by atoms with Crippen LogP contribution in [0.4, 0.5) is 0 Å². The molecular formula is C27H37NO. The predicted octanol–water partition coefficient (Wildman–Crippen LogP) is 5.93. The lowest BCUT2D eigenvalue weighted by molar-refractivity contribution is -0.0174. The Hall–Kier alpha value is -1.90. The van der Waals surface area contributed by atoms with E-state index in [-0.39, 0.29) is 11.3 Å². The summed E-state index contributed by atoms with van der Waals surface area (Å²) < 4.78 is 0. The van der Waals surface area contributed by atoms with Crippen LogP contribution in [-0.4, -0.2) is 30.6 Å². The van der Waals surface area contributed by atoms with Crippen LogP contribution in [0.1, 0.15) is 62.3 Å². The fraction of sp³-hybridized carbons (Fsp3) is 0.481. The van der Waals surface area contributed by atoms with Crippen molar-refractivity contribution in [2.24, 2.45) is 5.92 Å². The zero-order chi connectivity index (χ0) is 21.2. The average molecular weight is 392 g/mol. The third kappa shape index (κ3) is 4.82. The molecule has 1 fully saturated rings. The summed E-state index contributed by atoms with van der Waals surface area (Å²) in [4.78, 5) is 2.20. The molecular weight excluding hydrogens is 354 g/mol. The van der Waals surface area contributed by atoms with Crippen LogP contribution < -0.4 is 0 Å². The van der Waals surface area contributed by atoms with E-state index in [9.17, 15) is 5.11 Å². The van der Waals surface area contributed by atoms with Crippen molar-refractivity contribution in [2.45, 2.75) is 58.0 Å². The molecule has 1 saturated carbocycles. The summed E-state index contributed by atoms with van der Waals surface area (Å²) in [5.41, 5.74) is 5.07. The Morgan fingerprint density at radius 2 is 1.66 bits per heavy atom. The minimum atomic E-state index is -0.927. The zero-order valence-corrected chi connectivity index (χ0v) is 19.0. The number of aryl methyl sites for hydroxylation is 1. The van der Waals surface area contributed by atoms with E-state index in [4.69, 9.17) is 0 Å². The fourth-order valence-electron chi connectivity index (χ4n) is 4.56. The highest BCUT2D eigenvalue weighted by Gasteiger charge is 2.44. The van der Waals surface area contributed by atoms with Crippen LogP contribution in [0, 0.1) is 12.8 Å². The van der Waals surface area contributed by atoms with Gasteiger partial charge in [-0.1, -0.05) is 80.9 Å². The molecule has 3 rings (SSSR count). The Morgan fingerprint density at radius 1 is 1.03 bits per heavy atom. The first-order chi connectivity index (χ1) is 13.6. The van der Waals surface area contributed by atoms with Gasteiger partial charge >= 0.3 is 0 Å². The maximum absolute atomic E-state index is 12.2. The van der Waals surface area contributed by atoms with Crippen LogP contribution >= 0.6 is 0 Å². The minimum absolute atomic E-state index is 0.108. The Morgan fingerprint density at radius 3 is 2.21 bits per heavy atom. The van der Waals surface area contributed by atoms with Gasteiger partial charge in [0.05, 0.1) is 0 Å². The summed E-state index contributed by atoms with van der Waals surface area (Å²) in [5, 5.41) is 12.2. The number of aliphatic hydroxyl groups is 1. The molecule has 1 aliphatic carbocycles. The Kier molecular flexibility index (Phi) is 6.36. The molecule has 2 aromatic rings. The summed E-state index contributed by atoms with van der Waals surface area (Å²) in [6, 6.07) is 17.3. The van der Waals surface area contributed by atoms with Crippen LogP contribution in [0.15, 0.2) is 54.1 Å². The smallest absolute Gasteiger partial charge is 0.115 e. The third-order valence-corrected chi connectivity index (χ3v) is 6.27. The van der Waals surface area contributed by atoms with Gasteiger partial charge in [-0.3, -0.25) is 0 Å². The number of nitrogens with zero attached hydrogens (tertiary/aromatic N) is 1. The molecule has 0 bridgehead atoms. The highest BCUT2D eigenvalue weighted by Crippen LogP contribution is 2.46. The normalized spacial score (nSPS) is 24.3. The third-order valence-electron chi connectivity index (χ3n) is 6.27. The van der Waals surface area contributed by atoms with Crippen LogP contribution in [-0.2, 0) is 11.0 Å². The van der Waals surface area contributed by atoms with Crippen LogP contribution in [0.25, 0.3) is 6.08 Å². The van der Waals surface area contributed by atoms with E-state index >= 15 is 0 Å². The van der Waals surface area contributed by atoms with Crippen LogP contribution in [0.3, 0.4) is 0 Å². The minimum Gasteiger partial charge on any atom is -0.380 e. The quantitative estimate of drug-likeness (QED) is 0.699. The summed E-state index contributed by atoms with van der Waals surface area (Å²) in [6.45, 7) is 9.68. The highest BCUT2D eigenvalue weighted by molar-refractivity contribution is 5.58. The van der Waals surface area contributed by atoms with Gasteiger partial charge in [0.2, 0.25) is 0 Å². The molecule has 0 aromatic heterocycles. The Bertz CT molecular complexity index is 840. The van der Waals surface area contributed by atoms with E-state index in [0.717, 1.165) is 36.9 Å². The van der Waals surface area contributed by atoms with E-state index in [0.29, 0.717) is 0 Å². The molecule has 2 atom stereocenters. The van der Waals surface area contributed by atoms with Crippen molar-refractivity contribution < 1.29 is 5.11 Å². The van der Waals surface area contributed by atoms with E-state index < -0.39 is 5.60 Å². The number of benzene rings is 2. The molecule has 0 aliphatic heterocycles. The first kappa shape index (κ1) is 21.8. The summed E-state index contributed by atoms with van der Waals surface area (Å²) in [7, 11) is 4.20. The molecule has 0 heterocycles. The van der Waals surface area contributed by atoms with Gasteiger partial charge in [0.1, 0.15) is 5.60 Å². The van der Waals surface area contributed by atoms with E-state index in [1.54, 1.807) is 0 Å². The summed E-state index contributed by atoms with van der Waals surface area (Å²) in [6.07, 6.45) is 5.33. The maximum Gasteiger partial charge on any atom is 0.115 e. The summed E-state index contributed by atoms with van der Waals surface area (Å²) >= 11 is 0. The van der Waals surface area contributed by atoms with Crippen LogP contribution in [0.5, 0.6) is 0 Å². The SMILES string of the molecule is Cc1ccc(C=C2CCCC(CN(C)C)C2(O)c2ccc(C(C)(C)C)cc2)cc1. The van der Waals surface area contributed by atoms with E-state index in [2.05, 4.69) is 101 Å². The summed E-state index contributed by atoms with van der Waals surface area (Å²) in [5.74, 6) is 0.184. The molecule has 0 radical (unpaired) electrons. The molecule has 156 valence electrons. The number of hydrogen-bond donors (Lipinski definition) is 1. The van der Waals surface area contributed by atoms with Gasteiger partial charge in [-0.05, 0) is 68.0 Å². The van der Waals surface area contributed by atoms with Crippen molar-refractivity contribution in [3.05, 3.63) is 76.4 Å². The maximum atomic E-state index is 12.2. The first-order valence-electron chi connectivity index (χ1n) is 10.9. The van der Waals surface area contributed by atoms with Gasteiger partial charge in [-0.2, -0.15) is 0 Å². The molecule has 29 heavy (non-hydrogen) atoms. The van der Waals surface area contributed by atoms with Crippen molar-refractivity contribution in [3.63, 3.8) is 0 Å². The molecule has 0 amide bonds. The van der Waals surface area contributed by atoms with E-state index in [1.165, 1.54) is 16.7 Å². The van der Waals surface area contributed by atoms with Gasteiger partial charge in [0.15, 0.2) is 0 Å². The molecule has 0 saturated heterocycles. The fourth-order valence-corrected chi connectivity index (χ4v) is 4.56. The average Bonchev–Trinajstić information content (AvgIpc) is 2.66. The van der Waals surface area contributed by atoms with Crippen molar-refractivity contribution in [3.8, 4) is 0 Å². The Balaban J connectivity index is 2.07. The topological polar surface area (TPSA) is 23.5 Å². The van der Waals surface area contributed by atoms with Gasteiger partial charge in [-0.25, -0.2) is 0 Å².